The van der Waals surface area contributed by atoms with Crippen molar-refractivity contribution in [2.45, 2.75) is 99.5 Å². The molecule has 5 heteroatoms. The maximum absolute atomic E-state index is 11.2. The highest BCUT2D eigenvalue weighted by molar-refractivity contribution is 7.99. The summed E-state index contributed by atoms with van der Waals surface area (Å²) in [5, 5.41) is 11.6. The van der Waals surface area contributed by atoms with Crippen molar-refractivity contribution in [3.63, 3.8) is 0 Å². The molecule has 0 bridgehead atoms. The van der Waals surface area contributed by atoms with Crippen molar-refractivity contribution in [1.29, 1.82) is 0 Å². The molecule has 0 spiro atoms. The number of aliphatic carboxylic acids is 1. The number of hydrogen-bond donors (Lipinski definition) is 2. The zero-order chi connectivity index (χ0) is 25.9. The van der Waals surface area contributed by atoms with Crippen LogP contribution in [-0.2, 0) is 9.59 Å². The average Bonchev–Trinajstić information content (AvgIpc) is 2.72. The molecule has 0 aliphatic carbocycles. The maximum atomic E-state index is 11.2. The first-order valence-electron chi connectivity index (χ1n) is 12.3. The molecule has 0 radical (unpaired) electrons. The highest BCUT2D eigenvalue weighted by atomic mass is 32.2. The smallest absolute Gasteiger partial charge is 0.327 e. The number of carboxylic acids is 1. The zero-order valence-electron chi connectivity index (χ0n) is 22.5. The number of carbonyl (C=O) groups is 2. The van der Waals surface area contributed by atoms with Gasteiger partial charge in [0.05, 0.1) is 0 Å². The molecule has 0 rings (SSSR count). The highest BCUT2D eigenvalue weighted by Gasteiger charge is 2.17. The monoisotopic (exact) mass is 489 g/mol. The molecule has 0 fully saturated rings. The van der Waals surface area contributed by atoms with Gasteiger partial charge in [-0.3, -0.25) is 4.79 Å². The second-order valence-electron chi connectivity index (χ2n) is 9.48. The zero-order valence-corrected chi connectivity index (χ0v) is 23.3. The Kier molecular flexibility index (Phi) is 18.2. The van der Waals surface area contributed by atoms with E-state index >= 15 is 0 Å². The molecule has 2 N–H and O–H groups in total. The summed E-state index contributed by atoms with van der Waals surface area (Å²) in [6.45, 7) is 14.3. The molecule has 34 heavy (non-hydrogen) atoms. The molecule has 4 nitrogen and oxygen atoms in total. The Balaban J connectivity index is 4.65. The molecular formula is C29H47NO3S. The summed E-state index contributed by atoms with van der Waals surface area (Å²) in [6, 6.07) is -0.832. The number of hydrogen-bond acceptors (Lipinski definition) is 3. The van der Waals surface area contributed by atoms with Crippen molar-refractivity contribution in [2.75, 3.05) is 11.5 Å². The normalized spacial score (nSPS) is 13.3. The van der Waals surface area contributed by atoms with Gasteiger partial charge in [0.15, 0.2) is 0 Å². The van der Waals surface area contributed by atoms with Crippen LogP contribution in [0.25, 0.3) is 0 Å². The molecule has 0 unspecified atom stereocenters. The van der Waals surface area contributed by atoms with Crippen molar-refractivity contribution in [3.05, 3.63) is 58.2 Å². The first kappa shape index (κ1) is 32.0. The minimum atomic E-state index is -0.990. The van der Waals surface area contributed by atoms with E-state index in [1.165, 1.54) is 46.6 Å². The molecule has 0 aromatic carbocycles. The number of allylic oxidation sites excluding steroid dienone is 9. The number of nitrogens with one attached hydrogen (secondary N) is 1. The van der Waals surface area contributed by atoms with Crippen molar-refractivity contribution in [2.24, 2.45) is 0 Å². The second kappa shape index (κ2) is 19.3. The first-order chi connectivity index (χ1) is 16.0. The number of carbonyl (C=O) groups excluding carboxylic acids is 1. The molecule has 0 heterocycles. The fourth-order valence-electron chi connectivity index (χ4n) is 3.23. The van der Waals surface area contributed by atoms with Crippen LogP contribution >= 0.6 is 11.8 Å². The van der Waals surface area contributed by atoms with E-state index < -0.39 is 12.0 Å². The standard InChI is InChI=1S/C29H47NO3S/c1-22(2)11-8-12-24(5)13-9-15-27(18-17-23(3)4)16-10-14-25(6)19-20-34-21-28(29(32)33)30-26(7)31/h11,13,16-17,19,28H,8-10,12,14-15,18,20-21H2,1-7H3,(H,30,31)(H,32,33)/t28-/m0/s1. The lowest BCUT2D eigenvalue weighted by atomic mass is 10.0. The third-order valence-corrected chi connectivity index (χ3v) is 6.27. The van der Waals surface area contributed by atoms with Crippen LogP contribution in [0, 0.1) is 0 Å². The molecule has 0 saturated carbocycles. The number of carboxylic acid groups (broad SMARTS) is 1. The number of amides is 1. The van der Waals surface area contributed by atoms with Gasteiger partial charge in [-0.05, 0) is 86.5 Å². The molecule has 0 aromatic heterocycles. The third kappa shape index (κ3) is 19.5. The van der Waals surface area contributed by atoms with Crippen LogP contribution in [-0.4, -0.2) is 34.5 Å². The second-order valence-corrected chi connectivity index (χ2v) is 10.6. The van der Waals surface area contributed by atoms with Gasteiger partial charge in [0, 0.05) is 18.4 Å². The summed E-state index contributed by atoms with van der Waals surface area (Å²) in [4.78, 5) is 22.3. The summed E-state index contributed by atoms with van der Waals surface area (Å²) in [5.74, 6) is -0.187. The predicted molar refractivity (Wildman–Crippen MR) is 149 cm³/mol. The number of thioether (sulfide) groups is 1. The van der Waals surface area contributed by atoms with Crippen molar-refractivity contribution in [1.82, 2.24) is 5.32 Å². The lowest BCUT2D eigenvalue weighted by Crippen LogP contribution is -2.41. The Bertz CT molecular complexity index is 779. The summed E-state index contributed by atoms with van der Waals surface area (Å²) in [6.07, 6.45) is 19.1. The maximum Gasteiger partial charge on any atom is 0.327 e. The summed E-state index contributed by atoms with van der Waals surface area (Å²) in [5.41, 5.74) is 7.02. The molecule has 192 valence electrons. The van der Waals surface area contributed by atoms with E-state index in [1.54, 1.807) is 0 Å². The van der Waals surface area contributed by atoms with Gasteiger partial charge in [-0.15, -0.1) is 0 Å². The summed E-state index contributed by atoms with van der Waals surface area (Å²) >= 11 is 1.53. The van der Waals surface area contributed by atoms with Crippen LogP contribution < -0.4 is 5.32 Å². The third-order valence-electron chi connectivity index (χ3n) is 5.30. The van der Waals surface area contributed by atoms with Gasteiger partial charge >= 0.3 is 5.97 Å². The quantitative estimate of drug-likeness (QED) is 0.162. The van der Waals surface area contributed by atoms with Crippen LogP contribution in [0.4, 0.5) is 0 Å². The van der Waals surface area contributed by atoms with Gasteiger partial charge in [-0.25, -0.2) is 4.79 Å². The van der Waals surface area contributed by atoms with Gasteiger partial charge in [0.2, 0.25) is 5.91 Å². The van der Waals surface area contributed by atoms with E-state index in [-0.39, 0.29) is 5.91 Å². The van der Waals surface area contributed by atoms with Crippen LogP contribution in [0.15, 0.2) is 58.2 Å². The largest absolute Gasteiger partial charge is 0.480 e. The topological polar surface area (TPSA) is 66.4 Å². The Morgan fingerprint density at radius 2 is 1.32 bits per heavy atom. The Labute approximate surface area is 212 Å². The molecule has 1 atom stereocenters. The van der Waals surface area contributed by atoms with Gasteiger partial charge < -0.3 is 10.4 Å². The van der Waals surface area contributed by atoms with E-state index in [4.69, 9.17) is 5.11 Å². The van der Waals surface area contributed by atoms with Crippen molar-refractivity contribution < 1.29 is 14.7 Å². The van der Waals surface area contributed by atoms with Crippen molar-refractivity contribution in [3.8, 4) is 0 Å². The van der Waals surface area contributed by atoms with Gasteiger partial charge in [-0.1, -0.05) is 58.2 Å². The van der Waals surface area contributed by atoms with Crippen LogP contribution in [0.5, 0.6) is 0 Å². The summed E-state index contributed by atoms with van der Waals surface area (Å²) < 4.78 is 0. The predicted octanol–water partition coefficient (Wildman–Crippen LogP) is 7.79. The summed E-state index contributed by atoms with van der Waals surface area (Å²) in [7, 11) is 0. The van der Waals surface area contributed by atoms with E-state index in [0.717, 1.165) is 50.7 Å². The van der Waals surface area contributed by atoms with Crippen LogP contribution in [0.1, 0.15) is 93.4 Å². The molecule has 0 aliphatic rings. The van der Waals surface area contributed by atoms with Crippen LogP contribution in [0.3, 0.4) is 0 Å². The average molecular weight is 490 g/mol. The Morgan fingerprint density at radius 1 is 0.765 bits per heavy atom. The van der Waals surface area contributed by atoms with E-state index in [0.29, 0.717) is 5.75 Å². The van der Waals surface area contributed by atoms with Gasteiger partial charge in [-0.2, -0.15) is 11.8 Å². The van der Waals surface area contributed by atoms with Gasteiger partial charge in [0.25, 0.3) is 0 Å². The van der Waals surface area contributed by atoms with E-state index in [9.17, 15) is 9.59 Å². The van der Waals surface area contributed by atoms with Gasteiger partial charge in [0.1, 0.15) is 6.04 Å². The Hall–Kier alpha value is -2.01. The lowest BCUT2D eigenvalue weighted by molar-refractivity contribution is -0.140. The van der Waals surface area contributed by atoms with E-state index in [1.807, 2.05) is 0 Å². The minimum Gasteiger partial charge on any atom is -0.480 e. The number of rotatable bonds is 17. The lowest BCUT2D eigenvalue weighted by Gasteiger charge is -2.12. The van der Waals surface area contributed by atoms with Crippen molar-refractivity contribution >= 4 is 23.6 Å². The molecular weight excluding hydrogens is 442 g/mol. The minimum absolute atomic E-state index is 0.315. The Morgan fingerprint density at radius 3 is 1.88 bits per heavy atom. The fraction of sp³-hybridized carbons (Fsp3) is 0.586. The molecule has 0 saturated heterocycles. The molecule has 0 aliphatic heterocycles. The SMILES string of the molecule is CC(=O)N[C@@H](CSCC=C(C)CCC=C(CC=C(C)C)CCC=C(C)CCC=C(C)C)C(=O)O. The molecule has 1 amide bonds. The molecule has 0 aromatic rings. The van der Waals surface area contributed by atoms with Crippen LogP contribution in [0.2, 0.25) is 0 Å². The van der Waals surface area contributed by atoms with E-state index in [2.05, 4.69) is 77.2 Å². The first-order valence-corrected chi connectivity index (χ1v) is 13.5. The fourth-order valence-corrected chi connectivity index (χ4v) is 4.23. The highest BCUT2D eigenvalue weighted by Crippen LogP contribution is 2.18.